The van der Waals surface area contributed by atoms with E-state index in [1.165, 1.54) is 12.8 Å². The molecule has 2 N–H and O–H groups in total. The zero-order valence-electron chi connectivity index (χ0n) is 12.0. The van der Waals surface area contributed by atoms with E-state index in [4.69, 9.17) is 10.5 Å². The highest BCUT2D eigenvalue weighted by Crippen LogP contribution is 2.35. The van der Waals surface area contributed by atoms with Gasteiger partial charge in [-0.15, -0.1) is 0 Å². The van der Waals surface area contributed by atoms with Gasteiger partial charge in [-0.05, 0) is 31.4 Å². The quantitative estimate of drug-likeness (QED) is 0.779. The van der Waals surface area contributed by atoms with Gasteiger partial charge >= 0.3 is 0 Å². The first-order valence-electron chi connectivity index (χ1n) is 7.19. The molecule has 0 aliphatic heterocycles. The second-order valence-electron chi connectivity index (χ2n) is 5.23. The van der Waals surface area contributed by atoms with Gasteiger partial charge in [0, 0.05) is 31.9 Å². The van der Waals surface area contributed by atoms with E-state index >= 15 is 0 Å². The first-order valence-corrected chi connectivity index (χ1v) is 7.19. The highest BCUT2D eigenvalue weighted by molar-refractivity contribution is 5.13. The average Bonchev–Trinajstić information content (AvgIpc) is 3.28. The molecule has 106 valence electrons. The highest BCUT2D eigenvalue weighted by Gasteiger charge is 2.37. The van der Waals surface area contributed by atoms with Crippen LogP contribution < -0.4 is 5.73 Å². The Bertz CT molecular complexity index is 367. The lowest BCUT2D eigenvalue weighted by molar-refractivity contribution is 0.0993. The monoisotopic (exact) mass is 263 g/mol. The zero-order chi connectivity index (χ0) is 13.7. The minimum Gasteiger partial charge on any atom is -0.383 e. The summed E-state index contributed by atoms with van der Waals surface area (Å²) in [5.74, 6) is 0. The summed E-state index contributed by atoms with van der Waals surface area (Å²) < 4.78 is 5.25. The topological polar surface area (TPSA) is 51.4 Å². The Morgan fingerprint density at radius 3 is 2.79 bits per heavy atom. The van der Waals surface area contributed by atoms with Crippen LogP contribution in [0.3, 0.4) is 0 Å². The molecule has 0 saturated heterocycles. The maximum atomic E-state index is 6.36. The first-order chi connectivity index (χ1) is 9.27. The molecular weight excluding hydrogens is 238 g/mol. The van der Waals surface area contributed by atoms with Crippen LogP contribution >= 0.6 is 0 Å². The molecule has 4 nitrogen and oxygen atoms in total. The van der Waals surface area contributed by atoms with Crippen LogP contribution in [0.5, 0.6) is 0 Å². The molecule has 0 bridgehead atoms. The number of ether oxygens (including phenoxy) is 1. The number of nitrogens with zero attached hydrogens (tertiary/aromatic N) is 2. The van der Waals surface area contributed by atoms with Gasteiger partial charge in [0.25, 0.3) is 0 Å². The predicted molar refractivity (Wildman–Crippen MR) is 76.8 cm³/mol. The number of aromatic nitrogens is 1. The molecule has 1 saturated carbocycles. The third kappa shape index (κ3) is 3.75. The molecule has 1 aromatic heterocycles. The molecule has 2 rings (SSSR count). The largest absolute Gasteiger partial charge is 0.383 e. The molecule has 2 unspecified atom stereocenters. The van der Waals surface area contributed by atoms with Crippen molar-refractivity contribution in [2.75, 3.05) is 20.3 Å². The number of methoxy groups -OCH3 is 1. The second-order valence-corrected chi connectivity index (χ2v) is 5.23. The third-order valence-electron chi connectivity index (χ3n) is 3.79. The van der Waals surface area contributed by atoms with Crippen LogP contribution in [0.4, 0.5) is 0 Å². The van der Waals surface area contributed by atoms with Gasteiger partial charge in [0.1, 0.15) is 0 Å². The van der Waals surface area contributed by atoms with Crippen molar-refractivity contribution in [2.24, 2.45) is 5.73 Å². The number of rotatable bonds is 8. The van der Waals surface area contributed by atoms with Gasteiger partial charge in [-0.2, -0.15) is 0 Å². The second kappa shape index (κ2) is 6.98. The molecule has 0 aromatic carbocycles. The predicted octanol–water partition coefficient (Wildman–Crippen LogP) is 1.97. The molecule has 1 aromatic rings. The molecule has 19 heavy (non-hydrogen) atoms. The Kier molecular flexibility index (Phi) is 5.31. The van der Waals surface area contributed by atoms with Crippen molar-refractivity contribution in [1.82, 2.24) is 9.88 Å². The average molecular weight is 263 g/mol. The summed E-state index contributed by atoms with van der Waals surface area (Å²) in [6, 6.07) is 7.05. The van der Waals surface area contributed by atoms with Gasteiger partial charge in [-0.3, -0.25) is 9.88 Å². The standard InChI is InChI=1S/C15H25N3O/c1-3-13(16)15(14-6-4-5-9-17-14)18(10-11-19-2)12-7-8-12/h4-6,9,12-13,15H,3,7-8,10-11,16H2,1-2H3. The van der Waals surface area contributed by atoms with Crippen molar-refractivity contribution in [3.8, 4) is 0 Å². The maximum Gasteiger partial charge on any atom is 0.0676 e. The van der Waals surface area contributed by atoms with E-state index in [2.05, 4.69) is 22.9 Å². The molecule has 0 radical (unpaired) electrons. The van der Waals surface area contributed by atoms with Crippen LogP contribution in [0.25, 0.3) is 0 Å². The molecule has 1 fully saturated rings. The summed E-state index contributed by atoms with van der Waals surface area (Å²) in [6.07, 6.45) is 5.34. The molecular formula is C15H25N3O. The van der Waals surface area contributed by atoms with Crippen molar-refractivity contribution in [3.63, 3.8) is 0 Å². The van der Waals surface area contributed by atoms with Crippen LogP contribution in [0.15, 0.2) is 24.4 Å². The Morgan fingerprint density at radius 1 is 1.47 bits per heavy atom. The summed E-state index contributed by atoms with van der Waals surface area (Å²) in [7, 11) is 1.75. The van der Waals surface area contributed by atoms with E-state index in [1.807, 2.05) is 18.3 Å². The lowest BCUT2D eigenvalue weighted by atomic mass is 10.00. The molecule has 4 heteroatoms. The van der Waals surface area contributed by atoms with E-state index in [1.54, 1.807) is 7.11 Å². The van der Waals surface area contributed by atoms with Crippen molar-refractivity contribution in [3.05, 3.63) is 30.1 Å². The van der Waals surface area contributed by atoms with Gasteiger partial charge in [0.15, 0.2) is 0 Å². The fourth-order valence-corrected chi connectivity index (χ4v) is 2.56. The van der Waals surface area contributed by atoms with Gasteiger partial charge in [0.05, 0.1) is 18.3 Å². The fourth-order valence-electron chi connectivity index (χ4n) is 2.56. The fraction of sp³-hybridized carbons (Fsp3) is 0.667. The normalized spacial score (nSPS) is 18.5. The summed E-state index contributed by atoms with van der Waals surface area (Å²) in [6.45, 7) is 3.81. The van der Waals surface area contributed by atoms with Gasteiger partial charge < -0.3 is 10.5 Å². The van der Waals surface area contributed by atoms with Crippen molar-refractivity contribution >= 4 is 0 Å². The van der Waals surface area contributed by atoms with Crippen LogP contribution in [-0.2, 0) is 4.74 Å². The van der Waals surface area contributed by atoms with E-state index in [0.29, 0.717) is 6.04 Å². The summed E-state index contributed by atoms with van der Waals surface area (Å²) in [5.41, 5.74) is 7.45. The molecule has 0 spiro atoms. The van der Waals surface area contributed by atoms with Crippen molar-refractivity contribution in [2.45, 2.75) is 44.3 Å². The molecule has 1 heterocycles. The highest BCUT2D eigenvalue weighted by atomic mass is 16.5. The molecule has 2 atom stereocenters. The van der Waals surface area contributed by atoms with Gasteiger partial charge in [0.2, 0.25) is 0 Å². The SMILES string of the molecule is CCC(N)C(c1ccccn1)N(CCOC)C1CC1. The third-order valence-corrected chi connectivity index (χ3v) is 3.79. The summed E-state index contributed by atoms with van der Waals surface area (Å²) in [4.78, 5) is 7.01. The van der Waals surface area contributed by atoms with Crippen molar-refractivity contribution < 1.29 is 4.74 Å². The summed E-state index contributed by atoms with van der Waals surface area (Å²) >= 11 is 0. The van der Waals surface area contributed by atoms with E-state index in [0.717, 1.165) is 25.3 Å². The Balaban J connectivity index is 2.19. The first kappa shape index (κ1) is 14.4. The van der Waals surface area contributed by atoms with Crippen LogP contribution in [-0.4, -0.2) is 42.2 Å². The lowest BCUT2D eigenvalue weighted by Gasteiger charge is -2.35. The van der Waals surface area contributed by atoms with Crippen LogP contribution in [0.2, 0.25) is 0 Å². The number of nitrogens with two attached hydrogens (primary N) is 1. The Labute approximate surface area is 116 Å². The van der Waals surface area contributed by atoms with Crippen molar-refractivity contribution in [1.29, 1.82) is 0 Å². The molecule has 1 aliphatic carbocycles. The zero-order valence-corrected chi connectivity index (χ0v) is 12.0. The van der Waals surface area contributed by atoms with Gasteiger partial charge in [-0.25, -0.2) is 0 Å². The van der Waals surface area contributed by atoms with E-state index in [-0.39, 0.29) is 12.1 Å². The lowest BCUT2D eigenvalue weighted by Crippen LogP contribution is -2.43. The smallest absolute Gasteiger partial charge is 0.0676 e. The van der Waals surface area contributed by atoms with Crippen LogP contribution in [0.1, 0.15) is 37.9 Å². The minimum absolute atomic E-state index is 0.118. The van der Waals surface area contributed by atoms with Crippen LogP contribution in [0, 0.1) is 0 Å². The summed E-state index contributed by atoms with van der Waals surface area (Å²) in [5, 5.41) is 0. The molecule has 0 amide bonds. The minimum atomic E-state index is 0.118. The number of hydrogen-bond acceptors (Lipinski definition) is 4. The Hall–Kier alpha value is -0.970. The van der Waals surface area contributed by atoms with E-state index in [9.17, 15) is 0 Å². The Morgan fingerprint density at radius 2 is 2.26 bits per heavy atom. The molecule has 1 aliphatic rings. The van der Waals surface area contributed by atoms with Gasteiger partial charge in [-0.1, -0.05) is 13.0 Å². The maximum absolute atomic E-state index is 6.36. The number of hydrogen-bond donors (Lipinski definition) is 1. The van der Waals surface area contributed by atoms with E-state index < -0.39 is 0 Å². The number of pyridine rings is 1.